The fraction of sp³-hybridized carbons (Fsp3) is 1.00. The van der Waals surface area contributed by atoms with Crippen LogP contribution < -0.4 is 51.4 Å². The topological polar surface area (TPSA) is 118 Å². The molecule has 0 saturated carbocycles. The molecule has 1 saturated heterocycles. The quantitative estimate of drug-likeness (QED) is 0.169. The summed E-state index contributed by atoms with van der Waals surface area (Å²) in [5.41, 5.74) is 0. The number of aliphatic hydroxyl groups is 1. The molecule has 1 atom stereocenters. The van der Waals surface area contributed by atoms with E-state index in [4.69, 9.17) is 5.11 Å². The Morgan fingerprint density at radius 1 is 1.14 bits per heavy atom. The predicted molar refractivity (Wildman–Crippen MR) is 72.4 cm³/mol. The molecule has 1 rings (SSSR count). The predicted octanol–water partition coefficient (Wildman–Crippen LogP) is -4.40. The van der Waals surface area contributed by atoms with Crippen LogP contribution in [0.15, 0.2) is 0 Å². The van der Waals surface area contributed by atoms with Gasteiger partial charge in [-0.25, -0.2) is 16.8 Å². The molecule has 0 radical (unpaired) electrons. The number of aliphatic hydroxyl groups excluding tert-OH is 1. The molecule has 0 aromatic heterocycles. The fourth-order valence-electron chi connectivity index (χ4n) is 1.93. The first-order valence-corrected chi connectivity index (χ1v) is 9.68. The van der Waals surface area contributed by atoms with Gasteiger partial charge in [0.1, 0.15) is 5.88 Å². The van der Waals surface area contributed by atoms with Gasteiger partial charge in [0.15, 0.2) is 0 Å². The zero-order valence-corrected chi connectivity index (χ0v) is 17.0. The average Bonchev–Trinajstić information content (AvgIpc) is 2.90. The van der Waals surface area contributed by atoms with Crippen LogP contribution in [0.4, 0.5) is 0 Å². The third kappa shape index (κ3) is 10.7. The largest absolute Gasteiger partial charge is 1.00 e. The molecule has 120 valence electrons. The van der Waals surface area contributed by atoms with Crippen molar-refractivity contribution in [3.05, 3.63) is 0 Å². The van der Waals surface area contributed by atoms with E-state index in [2.05, 4.69) is 0 Å². The van der Waals surface area contributed by atoms with Gasteiger partial charge in [0.05, 0.1) is 16.7 Å². The smallest absolute Gasteiger partial charge is 0.748 e. The Kier molecular flexibility index (Phi) is 11.0. The second-order valence-corrected chi connectivity index (χ2v) is 8.27. The molecule has 0 aliphatic carbocycles. The number of unbranched alkanes of at least 4 members (excludes halogenated alkanes) is 1. The molecule has 0 spiro atoms. The number of sulfonamides is 1. The van der Waals surface area contributed by atoms with E-state index in [1.165, 1.54) is 4.31 Å². The molecule has 1 unspecified atom stereocenters. The molecule has 11 heteroatoms. The van der Waals surface area contributed by atoms with E-state index in [0.29, 0.717) is 26.2 Å². The van der Waals surface area contributed by atoms with Crippen molar-refractivity contribution in [3.63, 3.8) is 0 Å². The SMILES string of the molecule is O=S(=O)([O-])CCCN(CCO)CCCCN1CS1(=O)=O.[K+]. The fourth-order valence-corrected chi connectivity index (χ4v) is 3.52. The molecule has 8 nitrogen and oxygen atoms in total. The summed E-state index contributed by atoms with van der Waals surface area (Å²) in [6, 6.07) is 0. The summed E-state index contributed by atoms with van der Waals surface area (Å²) >= 11 is 0. The van der Waals surface area contributed by atoms with Crippen LogP contribution in [0.3, 0.4) is 0 Å². The Labute approximate surface area is 169 Å². The summed E-state index contributed by atoms with van der Waals surface area (Å²) in [5, 5.41) is 8.91. The Morgan fingerprint density at radius 2 is 1.71 bits per heavy atom. The third-order valence-electron chi connectivity index (χ3n) is 3.04. The van der Waals surface area contributed by atoms with Crippen molar-refractivity contribution in [3.8, 4) is 0 Å². The molecule has 1 heterocycles. The third-order valence-corrected chi connectivity index (χ3v) is 5.27. The minimum Gasteiger partial charge on any atom is -0.748 e. The monoisotopic (exact) mass is 368 g/mol. The number of hydrogen-bond donors (Lipinski definition) is 1. The second kappa shape index (κ2) is 10.3. The van der Waals surface area contributed by atoms with E-state index in [9.17, 15) is 21.4 Å². The Hall–Kier alpha value is 1.38. The van der Waals surface area contributed by atoms with E-state index >= 15 is 0 Å². The molecular weight excluding hydrogens is 347 g/mol. The summed E-state index contributed by atoms with van der Waals surface area (Å²) in [7, 11) is -7.11. The normalized spacial score (nSPS) is 20.2. The van der Waals surface area contributed by atoms with Gasteiger partial charge >= 0.3 is 51.4 Å². The number of rotatable bonds is 11. The summed E-state index contributed by atoms with van der Waals surface area (Å²) in [6.07, 6.45) is 1.73. The second-order valence-electron chi connectivity index (χ2n) is 4.80. The Morgan fingerprint density at radius 3 is 2.19 bits per heavy atom. The van der Waals surface area contributed by atoms with Crippen molar-refractivity contribution in [2.45, 2.75) is 19.3 Å². The Balaban J connectivity index is 0.00000400. The van der Waals surface area contributed by atoms with Gasteiger partial charge in [0, 0.05) is 18.8 Å². The van der Waals surface area contributed by atoms with Crippen molar-refractivity contribution >= 4 is 20.1 Å². The molecule has 1 aliphatic heterocycles. The van der Waals surface area contributed by atoms with E-state index in [1.807, 2.05) is 4.90 Å². The number of nitrogens with zero attached hydrogens (tertiary/aromatic N) is 2. The van der Waals surface area contributed by atoms with Crippen molar-refractivity contribution < 1.29 is 77.9 Å². The van der Waals surface area contributed by atoms with Crippen molar-refractivity contribution in [1.82, 2.24) is 9.21 Å². The van der Waals surface area contributed by atoms with Gasteiger partial charge in [-0.05, 0) is 32.4 Å². The first kappa shape index (κ1) is 22.4. The van der Waals surface area contributed by atoms with Crippen LogP contribution >= 0.6 is 0 Å². The van der Waals surface area contributed by atoms with Crippen LogP contribution in [0.1, 0.15) is 19.3 Å². The maximum absolute atomic E-state index is 10.9. The van der Waals surface area contributed by atoms with Crippen LogP contribution in [-0.2, 0) is 20.1 Å². The van der Waals surface area contributed by atoms with Gasteiger partial charge in [-0.1, -0.05) is 0 Å². The first-order valence-electron chi connectivity index (χ1n) is 6.49. The molecule has 1 aliphatic rings. The summed E-state index contributed by atoms with van der Waals surface area (Å²) in [5.74, 6) is -0.268. The molecule has 1 N–H and O–H groups in total. The summed E-state index contributed by atoms with van der Waals surface area (Å²) < 4.78 is 54.7. The Bertz CT molecular complexity index is 496. The average molecular weight is 369 g/mol. The molecule has 0 aromatic rings. The van der Waals surface area contributed by atoms with Crippen LogP contribution in [0, 0.1) is 0 Å². The van der Waals surface area contributed by atoms with Gasteiger partial charge in [-0.3, -0.25) is 0 Å². The van der Waals surface area contributed by atoms with Crippen LogP contribution in [0.2, 0.25) is 0 Å². The molecule has 0 bridgehead atoms. The number of hydrogen-bond acceptors (Lipinski definition) is 7. The van der Waals surface area contributed by atoms with Gasteiger partial charge < -0.3 is 14.6 Å². The van der Waals surface area contributed by atoms with Crippen molar-refractivity contribution in [1.29, 1.82) is 0 Å². The maximum atomic E-state index is 10.9. The van der Waals surface area contributed by atoms with Crippen molar-refractivity contribution in [2.24, 2.45) is 0 Å². The summed E-state index contributed by atoms with van der Waals surface area (Å²) in [4.78, 5) is 1.88. The zero-order valence-electron chi connectivity index (χ0n) is 12.3. The zero-order chi connectivity index (χ0) is 15.2. The van der Waals surface area contributed by atoms with Crippen LogP contribution in [0.25, 0.3) is 0 Å². The van der Waals surface area contributed by atoms with E-state index < -0.39 is 25.9 Å². The van der Waals surface area contributed by atoms with E-state index in [1.54, 1.807) is 0 Å². The van der Waals surface area contributed by atoms with Gasteiger partial charge in [-0.2, -0.15) is 4.31 Å². The first-order chi connectivity index (χ1) is 9.24. The van der Waals surface area contributed by atoms with Crippen LogP contribution in [-0.4, -0.2) is 80.1 Å². The van der Waals surface area contributed by atoms with Gasteiger partial charge in [0.25, 0.3) is 0 Å². The van der Waals surface area contributed by atoms with Crippen molar-refractivity contribution in [2.75, 3.05) is 44.4 Å². The minimum absolute atomic E-state index is 0. The standard InChI is InChI=1S/C10H22N2O6S2.K/c13-8-7-11(5-3-9-20(16,17)18)4-1-2-6-12-10-19(12,14)15;/h13H,1-10H2,(H,16,17,18);/q;+1/p-1. The van der Waals surface area contributed by atoms with Crippen LogP contribution in [0.5, 0.6) is 0 Å². The molecule has 21 heavy (non-hydrogen) atoms. The summed E-state index contributed by atoms with van der Waals surface area (Å²) in [6.45, 7) is 1.97. The van der Waals surface area contributed by atoms with Gasteiger partial charge in [-0.15, -0.1) is 0 Å². The molecule has 1 fully saturated rings. The molecular formula is C10H21KN2O6S2. The van der Waals surface area contributed by atoms with Gasteiger partial charge in [0.2, 0.25) is 10.0 Å². The van der Waals surface area contributed by atoms with E-state index in [0.717, 1.165) is 12.8 Å². The molecule has 0 aromatic carbocycles. The maximum Gasteiger partial charge on any atom is 1.00 e. The van der Waals surface area contributed by atoms with E-state index in [-0.39, 0.29) is 70.3 Å². The minimum atomic E-state index is -4.19. The molecule has 0 amide bonds.